The summed E-state index contributed by atoms with van der Waals surface area (Å²) in [7, 11) is -5.99. The molecule has 5 rings (SSSR count). The number of fused-ring (bicyclic) bond motifs is 4. The maximum Gasteiger partial charge on any atom is 0.534 e. The quantitative estimate of drug-likeness (QED) is 0.183. The molecule has 15 heteroatoms. The number of alkyl carbamates (subject to hydrolysis) is 1. The van der Waals surface area contributed by atoms with Gasteiger partial charge in [0, 0.05) is 36.0 Å². The van der Waals surface area contributed by atoms with E-state index in [9.17, 15) is 30.8 Å². The van der Waals surface area contributed by atoms with Gasteiger partial charge in [0.1, 0.15) is 34.7 Å². The molecule has 224 valence electrons. The lowest BCUT2D eigenvalue weighted by molar-refractivity contribution is -0.112. The van der Waals surface area contributed by atoms with E-state index in [2.05, 4.69) is 19.8 Å². The fourth-order valence-electron chi connectivity index (χ4n) is 4.65. The zero-order valence-corrected chi connectivity index (χ0v) is 23.2. The summed E-state index contributed by atoms with van der Waals surface area (Å²) in [6.07, 6.45) is -0.538. The summed E-state index contributed by atoms with van der Waals surface area (Å²) < 4.78 is 99.5. The molecule has 0 saturated carbocycles. The lowest BCUT2D eigenvalue weighted by atomic mass is 9.81. The lowest BCUT2D eigenvalue weighted by Gasteiger charge is -2.45. The van der Waals surface area contributed by atoms with Gasteiger partial charge in [0.15, 0.2) is 0 Å². The van der Waals surface area contributed by atoms with Crippen LogP contribution in [0, 0.1) is 5.95 Å². The van der Waals surface area contributed by atoms with Crippen LogP contribution >= 0.6 is 0 Å². The zero-order chi connectivity index (χ0) is 30.5. The van der Waals surface area contributed by atoms with E-state index in [1.807, 2.05) is 0 Å². The van der Waals surface area contributed by atoms with Crippen LogP contribution in [0.1, 0.15) is 31.9 Å². The topological polar surface area (TPSA) is 125 Å². The molecule has 42 heavy (non-hydrogen) atoms. The molecule has 1 spiro atoms. The third-order valence-electron chi connectivity index (χ3n) is 6.31. The van der Waals surface area contributed by atoms with Crippen LogP contribution < -0.4 is 19.6 Å². The predicted molar refractivity (Wildman–Crippen MR) is 140 cm³/mol. The van der Waals surface area contributed by atoms with Gasteiger partial charge in [-0.05, 0) is 68.8 Å². The number of benzene rings is 2. The average Bonchev–Trinajstić information content (AvgIpc) is 2.88. The molecule has 2 aliphatic heterocycles. The number of alkyl halides is 3. The Hall–Kier alpha value is -3.95. The van der Waals surface area contributed by atoms with Crippen molar-refractivity contribution in [3.8, 4) is 28.4 Å². The Morgan fingerprint density at radius 1 is 1.10 bits per heavy atom. The fraction of sp³-hybridized carbons (Fsp3) is 0.333. The van der Waals surface area contributed by atoms with Crippen LogP contribution in [0.15, 0.2) is 54.7 Å². The van der Waals surface area contributed by atoms with Gasteiger partial charge in [-0.25, -0.2) is 9.78 Å². The average molecular weight is 612 g/mol. The minimum atomic E-state index is -5.99. The van der Waals surface area contributed by atoms with Crippen LogP contribution in [0.25, 0.3) is 11.1 Å². The molecular formula is C27H25F4N3O7S. The second kappa shape index (κ2) is 10.4. The van der Waals surface area contributed by atoms with Crippen molar-refractivity contribution < 1.29 is 49.2 Å². The number of amides is 1. The SMILES string of the molecule is CC(C)(C)OC(=O)N[C@@H]1CNCC2(O1)c1cc(OS(=O)(=O)C(F)(F)F)ccc1Oc1ccc(-c3cccnc3F)cc12. The Labute approximate surface area is 238 Å². The zero-order valence-electron chi connectivity index (χ0n) is 22.4. The van der Waals surface area contributed by atoms with Gasteiger partial charge in [-0.2, -0.15) is 26.0 Å². The number of carbonyl (C=O) groups is 1. The van der Waals surface area contributed by atoms with Crippen LogP contribution in [-0.4, -0.2) is 49.9 Å². The number of pyridine rings is 1. The van der Waals surface area contributed by atoms with Crippen LogP contribution in [0.5, 0.6) is 17.2 Å². The highest BCUT2D eigenvalue weighted by molar-refractivity contribution is 7.88. The Balaban J connectivity index is 1.62. The van der Waals surface area contributed by atoms with E-state index in [4.69, 9.17) is 14.2 Å². The first kappa shape index (κ1) is 29.5. The van der Waals surface area contributed by atoms with Crippen LogP contribution in [0.3, 0.4) is 0 Å². The van der Waals surface area contributed by atoms with Crippen molar-refractivity contribution >= 4 is 16.2 Å². The lowest BCUT2D eigenvalue weighted by Crippen LogP contribution is -2.58. The Kier molecular flexibility index (Phi) is 7.31. The molecule has 1 aromatic heterocycles. The normalized spacial score (nSPS) is 20.2. The van der Waals surface area contributed by atoms with Crippen molar-refractivity contribution in [3.63, 3.8) is 0 Å². The molecule has 2 aliphatic rings. The number of aromatic nitrogens is 1. The first-order chi connectivity index (χ1) is 19.6. The van der Waals surface area contributed by atoms with Gasteiger partial charge >= 0.3 is 21.7 Å². The Morgan fingerprint density at radius 2 is 1.79 bits per heavy atom. The molecule has 2 N–H and O–H groups in total. The molecule has 3 aromatic rings. The minimum Gasteiger partial charge on any atom is -0.457 e. The van der Waals surface area contributed by atoms with Crippen molar-refractivity contribution in [2.24, 2.45) is 0 Å². The molecule has 2 aromatic carbocycles. The largest absolute Gasteiger partial charge is 0.534 e. The van der Waals surface area contributed by atoms with E-state index in [0.717, 1.165) is 12.1 Å². The van der Waals surface area contributed by atoms with Gasteiger partial charge in [-0.3, -0.25) is 5.32 Å². The highest BCUT2D eigenvalue weighted by Gasteiger charge is 2.50. The number of hydrogen-bond donors (Lipinski definition) is 2. The van der Waals surface area contributed by atoms with E-state index in [1.165, 1.54) is 18.3 Å². The number of nitrogens with one attached hydrogen (secondary N) is 2. The molecule has 0 aliphatic carbocycles. The number of morpholine rings is 1. The molecule has 2 atom stereocenters. The maximum absolute atomic E-state index is 14.6. The van der Waals surface area contributed by atoms with Crippen LogP contribution in [0.2, 0.25) is 0 Å². The number of carbonyl (C=O) groups excluding carboxylic acids is 1. The van der Waals surface area contributed by atoms with Gasteiger partial charge < -0.3 is 23.7 Å². The van der Waals surface area contributed by atoms with Crippen molar-refractivity contribution in [2.75, 3.05) is 13.1 Å². The monoisotopic (exact) mass is 611 g/mol. The van der Waals surface area contributed by atoms with Gasteiger partial charge in [0.25, 0.3) is 0 Å². The Morgan fingerprint density at radius 3 is 2.45 bits per heavy atom. The van der Waals surface area contributed by atoms with E-state index in [0.29, 0.717) is 11.1 Å². The minimum absolute atomic E-state index is 0.00267. The number of rotatable bonds is 4. The summed E-state index contributed by atoms with van der Waals surface area (Å²) in [6.45, 7) is 5.14. The third-order valence-corrected chi connectivity index (χ3v) is 7.28. The third kappa shape index (κ3) is 5.71. The number of hydrogen-bond acceptors (Lipinski definition) is 9. The molecule has 0 radical (unpaired) electrons. The van der Waals surface area contributed by atoms with Gasteiger partial charge in [0.2, 0.25) is 5.95 Å². The molecule has 1 unspecified atom stereocenters. The summed E-state index contributed by atoms with van der Waals surface area (Å²) >= 11 is 0. The molecule has 3 heterocycles. The molecule has 0 bridgehead atoms. The van der Waals surface area contributed by atoms with Crippen molar-refractivity contribution in [1.82, 2.24) is 15.6 Å². The highest BCUT2D eigenvalue weighted by Crippen LogP contribution is 2.52. The fourth-order valence-corrected chi connectivity index (χ4v) is 5.10. The number of halogens is 4. The standard InChI is InChI=1S/C27H25F4N3O7S/c1-25(2,3)40-24(35)34-22-13-32-14-26(39-22)18-11-15(17-5-4-10-33-23(17)28)6-8-20(18)38-21-9-7-16(12-19(21)26)41-42(36,37)27(29,30)31/h4-12,22,32H,13-14H2,1-3H3,(H,34,35)/t22-,26?/m0/s1. The molecule has 10 nitrogen and oxygen atoms in total. The summed E-state index contributed by atoms with van der Waals surface area (Å²) in [4.78, 5) is 16.2. The van der Waals surface area contributed by atoms with Crippen molar-refractivity contribution in [1.29, 1.82) is 0 Å². The van der Waals surface area contributed by atoms with E-state index < -0.39 is 50.8 Å². The summed E-state index contributed by atoms with van der Waals surface area (Å²) in [5.74, 6) is -1.01. The van der Waals surface area contributed by atoms with E-state index in [1.54, 1.807) is 45.0 Å². The first-order valence-electron chi connectivity index (χ1n) is 12.5. The number of ether oxygens (including phenoxy) is 3. The van der Waals surface area contributed by atoms with Gasteiger partial charge in [-0.1, -0.05) is 6.07 Å². The summed E-state index contributed by atoms with van der Waals surface area (Å²) in [5.41, 5.74) is -7.13. The van der Waals surface area contributed by atoms with Gasteiger partial charge in [-0.15, -0.1) is 0 Å². The number of nitrogens with zero attached hydrogens (tertiary/aromatic N) is 1. The molecule has 1 saturated heterocycles. The van der Waals surface area contributed by atoms with Crippen molar-refractivity contribution in [2.45, 2.75) is 43.7 Å². The highest BCUT2D eigenvalue weighted by atomic mass is 32.2. The Bertz CT molecular complexity index is 1640. The van der Waals surface area contributed by atoms with Crippen LogP contribution in [0.4, 0.5) is 22.4 Å². The smallest absolute Gasteiger partial charge is 0.457 e. The van der Waals surface area contributed by atoms with Crippen LogP contribution in [-0.2, 0) is 25.2 Å². The second-order valence-corrected chi connectivity index (χ2v) is 12.0. The molecule has 1 fully saturated rings. The second-order valence-electron chi connectivity index (χ2n) is 10.5. The van der Waals surface area contributed by atoms with E-state index in [-0.39, 0.29) is 35.7 Å². The summed E-state index contributed by atoms with van der Waals surface area (Å²) in [5, 5.41) is 5.74. The van der Waals surface area contributed by atoms with Crippen molar-refractivity contribution in [3.05, 3.63) is 71.8 Å². The molecular weight excluding hydrogens is 586 g/mol. The molecule has 1 amide bonds. The van der Waals surface area contributed by atoms with E-state index >= 15 is 0 Å². The van der Waals surface area contributed by atoms with Gasteiger partial charge in [0.05, 0.1) is 0 Å². The summed E-state index contributed by atoms with van der Waals surface area (Å²) in [6, 6.07) is 11.1. The maximum atomic E-state index is 14.6. The predicted octanol–water partition coefficient (Wildman–Crippen LogP) is 4.94. The first-order valence-corrected chi connectivity index (χ1v) is 14.0.